The van der Waals surface area contributed by atoms with Gasteiger partial charge in [-0.05, 0) is 46.0 Å². The van der Waals surface area contributed by atoms with Crippen LogP contribution in [0.15, 0.2) is 0 Å². The number of fused-ring (bicyclic) bond motifs is 2. The average molecular weight is 240 g/mol. The van der Waals surface area contributed by atoms with Gasteiger partial charge in [-0.15, -0.1) is 0 Å². The second-order valence-corrected chi connectivity index (χ2v) is 6.77. The summed E-state index contributed by atoms with van der Waals surface area (Å²) in [6, 6.07) is 1.39. The van der Waals surface area contributed by atoms with Gasteiger partial charge in [-0.3, -0.25) is 4.90 Å². The van der Waals surface area contributed by atoms with E-state index in [4.69, 9.17) is 4.74 Å². The highest BCUT2D eigenvalue weighted by Crippen LogP contribution is 2.38. The van der Waals surface area contributed by atoms with Crippen LogP contribution in [0.4, 0.5) is 0 Å². The van der Waals surface area contributed by atoms with Crippen LogP contribution in [0.5, 0.6) is 0 Å². The van der Waals surface area contributed by atoms with E-state index in [1.807, 2.05) is 7.11 Å². The predicted octanol–water partition coefficient (Wildman–Crippen LogP) is 1.87. The number of rotatable bonds is 5. The van der Waals surface area contributed by atoms with Crippen molar-refractivity contribution < 1.29 is 4.74 Å². The van der Waals surface area contributed by atoms with Crippen LogP contribution in [0.25, 0.3) is 0 Å². The van der Waals surface area contributed by atoms with Gasteiger partial charge in [-0.2, -0.15) is 0 Å². The molecule has 3 heteroatoms. The maximum atomic E-state index is 5.41. The van der Waals surface area contributed by atoms with E-state index in [9.17, 15) is 0 Å². The summed E-state index contributed by atoms with van der Waals surface area (Å²) >= 11 is 0. The molecule has 0 aromatic rings. The first-order valence-corrected chi connectivity index (χ1v) is 6.99. The van der Waals surface area contributed by atoms with Gasteiger partial charge < -0.3 is 10.1 Å². The molecule has 0 radical (unpaired) electrons. The summed E-state index contributed by atoms with van der Waals surface area (Å²) in [4.78, 5) is 2.69. The molecule has 1 aliphatic heterocycles. The van der Waals surface area contributed by atoms with E-state index in [-0.39, 0.29) is 5.54 Å². The minimum atomic E-state index is 0.199. The molecule has 17 heavy (non-hydrogen) atoms. The van der Waals surface area contributed by atoms with Crippen LogP contribution < -0.4 is 5.32 Å². The fourth-order valence-corrected chi connectivity index (χ4v) is 3.30. The second kappa shape index (κ2) is 5.25. The van der Waals surface area contributed by atoms with Crippen molar-refractivity contribution in [1.29, 1.82) is 0 Å². The number of methoxy groups -OCH3 is 1. The summed E-state index contributed by atoms with van der Waals surface area (Å²) in [7, 11) is 1.82. The first-order valence-electron chi connectivity index (χ1n) is 6.99. The van der Waals surface area contributed by atoms with Crippen molar-refractivity contribution in [3.05, 3.63) is 0 Å². The van der Waals surface area contributed by atoms with Crippen LogP contribution in [-0.4, -0.2) is 49.3 Å². The van der Waals surface area contributed by atoms with Gasteiger partial charge in [-0.25, -0.2) is 0 Å². The Morgan fingerprint density at radius 1 is 1.35 bits per heavy atom. The van der Waals surface area contributed by atoms with Gasteiger partial charge in [0.25, 0.3) is 0 Å². The number of piperidine rings is 1. The molecule has 1 heterocycles. The molecule has 3 atom stereocenters. The Kier molecular flexibility index (Phi) is 4.11. The highest BCUT2D eigenvalue weighted by Gasteiger charge is 2.40. The SMILES string of the molecule is COCC(CNC(C)(C)C)N1CC2CCC1C2. The lowest BCUT2D eigenvalue weighted by Crippen LogP contribution is -2.51. The van der Waals surface area contributed by atoms with Crippen molar-refractivity contribution in [2.24, 2.45) is 5.92 Å². The Morgan fingerprint density at radius 3 is 2.59 bits per heavy atom. The Bertz CT molecular complexity index is 249. The minimum Gasteiger partial charge on any atom is -0.383 e. The predicted molar refractivity (Wildman–Crippen MR) is 71.3 cm³/mol. The van der Waals surface area contributed by atoms with Crippen LogP contribution in [0.2, 0.25) is 0 Å². The first-order chi connectivity index (χ1) is 7.99. The zero-order valence-corrected chi connectivity index (χ0v) is 11.8. The summed E-state index contributed by atoms with van der Waals surface area (Å²) in [5, 5.41) is 3.62. The summed E-state index contributed by atoms with van der Waals surface area (Å²) in [6.07, 6.45) is 4.28. The second-order valence-electron chi connectivity index (χ2n) is 6.77. The number of nitrogens with one attached hydrogen (secondary N) is 1. The average Bonchev–Trinajstić information content (AvgIpc) is 2.84. The maximum absolute atomic E-state index is 5.41. The molecule has 1 N–H and O–H groups in total. The van der Waals surface area contributed by atoms with Crippen molar-refractivity contribution in [3.63, 3.8) is 0 Å². The third-order valence-electron chi connectivity index (χ3n) is 4.15. The van der Waals surface area contributed by atoms with Gasteiger partial charge in [0.05, 0.1) is 6.61 Å². The highest BCUT2D eigenvalue weighted by molar-refractivity contribution is 4.96. The van der Waals surface area contributed by atoms with Crippen molar-refractivity contribution in [3.8, 4) is 0 Å². The van der Waals surface area contributed by atoms with E-state index >= 15 is 0 Å². The molecule has 0 aromatic carbocycles. The zero-order valence-electron chi connectivity index (χ0n) is 11.8. The molecule has 1 aliphatic carbocycles. The molecule has 2 rings (SSSR count). The number of nitrogens with zero attached hydrogens (tertiary/aromatic N) is 1. The Hall–Kier alpha value is -0.120. The van der Waals surface area contributed by atoms with Crippen molar-refractivity contribution in [2.75, 3.05) is 26.8 Å². The lowest BCUT2D eigenvalue weighted by Gasteiger charge is -2.36. The van der Waals surface area contributed by atoms with Crippen LogP contribution in [-0.2, 0) is 4.74 Å². The molecular formula is C14H28N2O. The Balaban J connectivity index is 1.88. The zero-order chi connectivity index (χ0) is 12.5. The molecule has 0 aromatic heterocycles. The van der Waals surface area contributed by atoms with E-state index in [1.54, 1.807) is 0 Å². The van der Waals surface area contributed by atoms with Crippen molar-refractivity contribution >= 4 is 0 Å². The fraction of sp³-hybridized carbons (Fsp3) is 1.00. The topological polar surface area (TPSA) is 24.5 Å². The lowest BCUT2D eigenvalue weighted by atomic mass is 10.1. The van der Waals surface area contributed by atoms with Gasteiger partial charge in [0.2, 0.25) is 0 Å². The fourth-order valence-electron chi connectivity index (χ4n) is 3.30. The third kappa shape index (κ3) is 3.43. The smallest absolute Gasteiger partial charge is 0.0630 e. The van der Waals surface area contributed by atoms with Gasteiger partial charge in [0, 0.05) is 37.8 Å². The van der Waals surface area contributed by atoms with Gasteiger partial charge in [-0.1, -0.05) is 0 Å². The number of likely N-dealkylation sites (tertiary alicyclic amines) is 1. The Labute approximate surface area is 106 Å². The standard InChI is InChI=1S/C14H28N2O/c1-14(2,3)15-8-13(10-17-4)16-9-11-5-6-12(16)7-11/h11-13,15H,5-10H2,1-4H3. The van der Waals surface area contributed by atoms with Crippen molar-refractivity contribution in [2.45, 2.75) is 57.7 Å². The molecule has 2 aliphatic rings. The molecular weight excluding hydrogens is 212 g/mol. The van der Waals surface area contributed by atoms with Gasteiger partial charge in [0.1, 0.15) is 0 Å². The summed E-state index contributed by atoms with van der Waals surface area (Å²) in [5.74, 6) is 0.967. The molecule has 2 bridgehead atoms. The largest absolute Gasteiger partial charge is 0.383 e. The monoisotopic (exact) mass is 240 g/mol. The summed E-state index contributed by atoms with van der Waals surface area (Å²) in [5.41, 5.74) is 0.199. The van der Waals surface area contributed by atoms with Gasteiger partial charge in [0.15, 0.2) is 0 Å². The molecule has 100 valence electrons. The van der Waals surface area contributed by atoms with Crippen LogP contribution >= 0.6 is 0 Å². The van der Waals surface area contributed by atoms with E-state index < -0.39 is 0 Å². The Morgan fingerprint density at radius 2 is 2.12 bits per heavy atom. The van der Waals surface area contributed by atoms with Crippen LogP contribution in [0, 0.1) is 5.92 Å². The quantitative estimate of drug-likeness (QED) is 0.794. The molecule has 2 fully saturated rings. The molecule has 0 amide bonds. The van der Waals surface area contributed by atoms with E-state index in [1.165, 1.54) is 25.8 Å². The number of hydrogen-bond acceptors (Lipinski definition) is 3. The maximum Gasteiger partial charge on any atom is 0.0630 e. The van der Waals surface area contributed by atoms with E-state index in [0.29, 0.717) is 6.04 Å². The van der Waals surface area contributed by atoms with E-state index in [2.05, 4.69) is 31.0 Å². The molecule has 0 spiro atoms. The van der Waals surface area contributed by atoms with Crippen molar-refractivity contribution in [1.82, 2.24) is 10.2 Å². The normalized spacial score (nSPS) is 31.1. The molecule has 3 unspecified atom stereocenters. The molecule has 3 nitrogen and oxygen atoms in total. The number of hydrogen-bond donors (Lipinski definition) is 1. The highest BCUT2D eigenvalue weighted by atomic mass is 16.5. The van der Waals surface area contributed by atoms with Crippen LogP contribution in [0.3, 0.4) is 0 Å². The van der Waals surface area contributed by atoms with E-state index in [0.717, 1.165) is 25.1 Å². The minimum absolute atomic E-state index is 0.199. The number of ether oxygens (including phenoxy) is 1. The first kappa shape index (κ1) is 13.3. The summed E-state index contributed by atoms with van der Waals surface area (Å²) in [6.45, 7) is 9.88. The summed E-state index contributed by atoms with van der Waals surface area (Å²) < 4.78 is 5.41. The molecule has 1 saturated heterocycles. The van der Waals surface area contributed by atoms with Gasteiger partial charge >= 0.3 is 0 Å². The van der Waals surface area contributed by atoms with Crippen LogP contribution in [0.1, 0.15) is 40.0 Å². The lowest BCUT2D eigenvalue weighted by molar-refractivity contribution is 0.0654. The molecule has 1 saturated carbocycles. The third-order valence-corrected chi connectivity index (χ3v) is 4.15.